The minimum Gasteiger partial charge on any atom is -0.324 e. The van der Waals surface area contributed by atoms with Crippen LogP contribution in [0, 0.1) is 17.8 Å². The van der Waals surface area contributed by atoms with Gasteiger partial charge in [-0.1, -0.05) is 6.42 Å². The van der Waals surface area contributed by atoms with E-state index in [1.54, 1.807) is 12.4 Å². The van der Waals surface area contributed by atoms with Crippen molar-refractivity contribution in [3.8, 4) is 0 Å². The van der Waals surface area contributed by atoms with Crippen LogP contribution in [-0.2, 0) is 4.79 Å². The largest absolute Gasteiger partial charge is 0.324 e. The molecular weight excluding hydrogens is 200 g/mol. The zero-order chi connectivity index (χ0) is 11.0. The molecular formula is C13H16N2O. The van der Waals surface area contributed by atoms with E-state index in [9.17, 15) is 4.79 Å². The van der Waals surface area contributed by atoms with Gasteiger partial charge in [-0.05, 0) is 43.2 Å². The molecule has 3 rings (SSSR count). The minimum atomic E-state index is 0.195. The molecule has 1 aromatic rings. The smallest absolute Gasteiger partial charge is 0.227 e. The predicted octanol–water partition coefficient (Wildman–Crippen LogP) is 2.46. The second-order valence-corrected chi connectivity index (χ2v) is 5.01. The lowest BCUT2D eigenvalue weighted by Crippen LogP contribution is -2.27. The zero-order valence-corrected chi connectivity index (χ0v) is 9.23. The van der Waals surface area contributed by atoms with Crippen LogP contribution in [0.2, 0.25) is 0 Å². The molecule has 3 atom stereocenters. The average Bonchev–Trinajstić information content (AvgIpc) is 2.92. The fourth-order valence-electron chi connectivity index (χ4n) is 3.24. The molecule has 0 aromatic carbocycles. The molecule has 0 radical (unpaired) electrons. The Labute approximate surface area is 95.3 Å². The average molecular weight is 216 g/mol. The Kier molecular flexibility index (Phi) is 2.39. The maximum Gasteiger partial charge on any atom is 0.227 e. The molecule has 16 heavy (non-hydrogen) atoms. The molecule has 0 spiro atoms. The van der Waals surface area contributed by atoms with Crippen LogP contribution in [0.4, 0.5) is 5.69 Å². The van der Waals surface area contributed by atoms with Gasteiger partial charge in [-0.2, -0.15) is 0 Å². The molecule has 0 unspecified atom stereocenters. The minimum absolute atomic E-state index is 0.195. The van der Waals surface area contributed by atoms with Crippen molar-refractivity contribution in [1.29, 1.82) is 0 Å². The van der Waals surface area contributed by atoms with E-state index in [0.717, 1.165) is 18.0 Å². The second kappa shape index (κ2) is 3.89. The Balaban J connectivity index is 1.66. The van der Waals surface area contributed by atoms with Crippen LogP contribution < -0.4 is 5.32 Å². The number of rotatable bonds is 2. The number of carbonyl (C=O) groups excluding carboxylic acids is 1. The summed E-state index contributed by atoms with van der Waals surface area (Å²) in [4.78, 5) is 16.1. The SMILES string of the molecule is O=C(Nc1cccnc1)[C@@H]1C[C@@H]2CC[C@@H]1C2. The van der Waals surface area contributed by atoms with Crippen LogP contribution in [0.3, 0.4) is 0 Å². The maximum absolute atomic E-state index is 12.1. The number of pyridine rings is 1. The summed E-state index contributed by atoms with van der Waals surface area (Å²) < 4.78 is 0. The summed E-state index contributed by atoms with van der Waals surface area (Å²) >= 11 is 0. The molecule has 2 aliphatic rings. The summed E-state index contributed by atoms with van der Waals surface area (Å²) in [5, 5.41) is 2.97. The highest BCUT2D eigenvalue weighted by molar-refractivity contribution is 5.92. The van der Waals surface area contributed by atoms with Crippen LogP contribution in [0.1, 0.15) is 25.7 Å². The molecule has 1 heterocycles. The number of fused-ring (bicyclic) bond motifs is 2. The van der Waals surface area contributed by atoms with E-state index in [1.165, 1.54) is 19.3 Å². The van der Waals surface area contributed by atoms with Gasteiger partial charge in [-0.15, -0.1) is 0 Å². The topological polar surface area (TPSA) is 42.0 Å². The van der Waals surface area contributed by atoms with Crippen molar-refractivity contribution >= 4 is 11.6 Å². The molecule has 2 saturated carbocycles. The highest BCUT2D eigenvalue weighted by Gasteiger charge is 2.42. The number of anilines is 1. The Morgan fingerprint density at radius 3 is 2.94 bits per heavy atom. The van der Waals surface area contributed by atoms with Crippen LogP contribution in [0.15, 0.2) is 24.5 Å². The molecule has 2 aliphatic carbocycles. The molecule has 3 heteroatoms. The van der Waals surface area contributed by atoms with Crippen molar-refractivity contribution in [2.24, 2.45) is 17.8 Å². The molecule has 0 saturated heterocycles. The summed E-state index contributed by atoms with van der Waals surface area (Å²) in [6, 6.07) is 3.73. The van der Waals surface area contributed by atoms with Crippen molar-refractivity contribution < 1.29 is 4.79 Å². The summed E-state index contributed by atoms with van der Waals surface area (Å²) in [6.07, 6.45) is 8.36. The van der Waals surface area contributed by atoms with Crippen molar-refractivity contribution in [3.05, 3.63) is 24.5 Å². The van der Waals surface area contributed by atoms with Crippen molar-refractivity contribution in [1.82, 2.24) is 4.98 Å². The first-order chi connectivity index (χ1) is 7.83. The van der Waals surface area contributed by atoms with E-state index in [-0.39, 0.29) is 11.8 Å². The number of hydrogen-bond donors (Lipinski definition) is 1. The molecule has 2 fully saturated rings. The molecule has 1 aromatic heterocycles. The number of nitrogens with zero attached hydrogens (tertiary/aromatic N) is 1. The van der Waals surface area contributed by atoms with Gasteiger partial charge in [0.05, 0.1) is 11.9 Å². The summed E-state index contributed by atoms with van der Waals surface area (Å²) in [6.45, 7) is 0. The van der Waals surface area contributed by atoms with Crippen molar-refractivity contribution in [3.63, 3.8) is 0 Å². The van der Waals surface area contributed by atoms with Gasteiger partial charge in [-0.25, -0.2) is 0 Å². The number of aromatic nitrogens is 1. The van der Waals surface area contributed by atoms with E-state index in [0.29, 0.717) is 5.92 Å². The molecule has 1 amide bonds. The van der Waals surface area contributed by atoms with Gasteiger partial charge in [0.15, 0.2) is 0 Å². The number of nitrogens with one attached hydrogen (secondary N) is 1. The Bertz CT molecular complexity index is 390. The van der Waals surface area contributed by atoms with E-state index in [2.05, 4.69) is 10.3 Å². The van der Waals surface area contributed by atoms with E-state index < -0.39 is 0 Å². The molecule has 0 aliphatic heterocycles. The van der Waals surface area contributed by atoms with E-state index in [1.807, 2.05) is 12.1 Å². The monoisotopic (exact) mass is 216 g/mol. The van der Waals surface area contributed by atoms with E-state index in [4.69, 9.17) is 0 Å². The zero-order valence-electron chi connectivity index (χ0n) is 9.23. The first-order valence-electron chi connectivity index (χ1n) is 6.04. The number of hydrogen-bond acceptors (Lipinski definition) is 2. The fraction of sp³-hybridized carbons (Fsp3) is 0.538. The molecule has 2 bridgehead atoms. The summed E-state index contributed by atoms with van der Waals surface area (Å²) in [5.41, 5.74) is 0.815. The Morgan fingerprint density at radius 2 is 2.31 bits per heavy atom. The van der Waals surface area contributed by atoms with Crippen molar-refractivity contribution in [2.45, 2.75) is 25.7 Å². The third-order valence-electron chi connectivity index (χ3n) is 4.00. The highest BCUT2D eigenvalue weighted by Crippen LogP contribution is 2.48. The summed E-state index contributed by atoms with van der Waals surface area (Å²) in [5.74, 6) is 1.90. The van der Waals surface area contributed by atoms with Crippen LogP contribution in [0.25, 0.3) is 0 Å². The predicted molar refractivity (Wildman–Crippen MR) is 61.8 cm³/mol. The van der Waals surface area contributed by atoms with Gasteiger partial charge in [0.1, 0.15) is 0 Å². The number of carbonyl (C=O) groups is 1. The lowest BCUT2D eigenvalue weighted by molar-refractivity contribution is -0.121. The van der Waals surface area contributed by atoms with Gasteiger partial charge in [0.2, 0.25) is 5.91 Å². The normalized spacial score (nSPS) is 31.6. The first-order valence-corrected chi connectivity index (χ1v) is 6.04. The highest BCUT2D eigenvalue weighted by atomic mass is 16.1. The van der Waals surface area contributed by atoms with Gasteiger partial charge in [0, 0.05) is 12.1 Å². The quantitative estimate of drug-likeness (QED) is 0.825. The Morgan fingerprint density at radius 1 is 1.38 bits per heavy atom. The van der Waals surface area contributed by atoms with Gasteiger partial charge in [0.25, 0.3) is 0 Å². The van der Waals surface area contributed by atoms with Crippen LogP contribution in [0.5, 0.6) is 0 Å². The van der Waals surface area contributed by atoms with Crippen LogP contribution >= 0.6 is 0 Å². The third-order valence-corrected chi connectivity index (χ3v) is 4.00. The van der Waals surface area contributed by atoms with Gasteiger partial charge in [-0.3, -0.25) is 9.78 Å². The molecule has 3 nitrogen and oxygen atoms in total. The van der Waals surface area contributed by atoms with Gasteiger partial charge < -0.3 is 5.32 Å². The summed E-state index contributed by atoms with van der Waals surface area (Å²) in [7, 11) is 0. The number of amides is 1. The molecule has 1 N–H and O–H groups in total. The molecule has 84 valence electrons. The maximum atomic E-state index is 12.1. The Hall–Kier alpha value is -1.38. The lowest BCUT2D eigenvalue weighted by atomic mass is 9.88. The standard InChI is InChI=1S/C13H16N2O/c16-13(15-11-2-1-5-14-8-11)12-7-9-3-4-10(12)6-9/h1-2,5,8-10,12H,3-4,6-7H2,(H,15,16)/t9-,10-,12-/m1/s1. The van der Waals surface area contributed by atoms with E-state index >= 15 is 0 Å². The second-order valence-electron chi connectivity index (χ2n) is 5.01. The van der Waals surface area contributed by atoms with Gasteiger partial charge >= 0.3 is 0 Å². The fourth-order valence-corrected chi connectivity index (χ4v) is 3.24. The lowest BCUT2D eigenvalue weighted by Gasteiger charge is -2.20. The van der Waals surface area contributed by atoms with Crippen molar-refractivity contribution in [2.75, 3.05) is 5.32 Å². The third kappa shape index (κ3) is 1.70. The van der Waals surface area contributed by atoms with Crippen LogP contribution in [-0.4, -0.2) is 10.9 Å². The first kappa shape index (κ1) is 9.82.